The Morgan fingerprint density at radius 2 is 2.08 bits per heavy atom. The van der Waals surface area contributed by atoms with Gasteiger partial charge in [0.25, 0.3) is 0 Å². The minimum atomic E-state index is -0.348. The molecule has 68 valence electrons. The van der Waals surface area contributed by atoms with Crippen molar-refractivity contribution in [2.75, 3.05) is 6.54 Å². The molecular weight excluding hydrogens is 156 g/mol. The Hall–Kier alpha value is -1.32. The third-order valence-electron chi connectivity index (χ3n) is 1.27. The van der Waals surface area contributed by atoms with Gasteiger partial charge in [-0.25, -0.2) is 0 Å². The summed E-state index contributed by atoms with van der Waals surface area (Å²) < 4.78 is 0. The summed E-state index contributed by atoms with van der Waals surface area (Å²) in [7, 11) is 0. The van der Waals surface area contributed by atoms with E-state index in [1.165, 1.54) is 0 Å². The average molecular weight is 170 g/mol. The third-order valence-corrected chi connectivity index (χ3v) is 1.27. The quantitative estimate of drug-likeness (QED) is 0.448. The third kappa shape index (κ3) is 5.46. The molecule has 12 heavy (non-hydrogen) atoms. The van der Waals surface area contributed by atoms with Crippen LogP contribution in [-0.2, 0) is 9.59 Å². The summed E-state index contributed by atoms with van der Waals surface area (Å²) >= 11 is 0. The number of carbonyl (C=O) groups excluding carboxylic acids is 2. The second kappa shape index (κ2) is 5.35. The molecule has 2 amide bonds. The summed E-state index contributed by atoms with van der Waals surface area (Å²) in [5.41, 5.74) is 5.37. The Morgan fingerprint density at radius 1 is 1.50 bits per heavy atom. The monoisotopic (exact) mass is 170 g/mol. The van der Waals surface area contributed by atoms with Gasteiger partial charge >= 0.3 is 0 Å². The molecule has 0 unspecified atom stereocenters. The molecule has 0 aromatic rings. The molecule has 0 aromatic carbocycles. The highest BCUT2D eigenvalue weighted by atomic mass is 16.2. The van der Waals surface area contributed by atoms with E-state index < -0.39 is 0 Å². The summed E-state index contributed by atoms with van der Waals surface area (Å²) in [5.74, 6) is -0.529. The largest absolute Gasteiger partial charge is 0.370 e. The van der Waals surface area contributed by atoms with Crippen LogP contribution in [0.1, 0.15) is 19.8 Å². The van der Waals surface area contributed by atoms with Crippen LogP contribution in [0.15, 0.2) is 12.2 Å². The van der Waals surface area contributed by atoms with Gasteiger partial charge in [0.15, 0.2) is 0 Å². The highest BCUT2D eigenvalue weighted by molar-refractivity contribution is 5.92. The van der Waals surface area contributed by atoms with Gasteiger partial charge in [-0.2, -0.15) is 0 Å². The standard InChI is InChI=1S/C8H14N2O2/c1-6(2)8(12)10-5-3-4-7(9)11/h1,3-5H2,2H3,(H2,9,11)(H,10,12). The van der Waals surface area contributed by atoms with Crippen molar-refractivity contribution in [1.29, 1.82) is 0 Å². The van der Waals surface area contributed by atoms with E-state index in [0.717, 1.165) is 0 Å². The van der Waals surface area contributed by atoms with E-state index in [1.807, 2.05) is 0 Å². The van der Waals surface area contributed by atoms with Gasteiger partial charge in [0, 0.05) is 18.5 Å². The number of primary amides is 1. The molecule has 0 atom stereocenters. The molecular formula is C8H14N2O2. The van der Waals surface area contributed by atoms with Crippen LogP contribution in [0.3, 0.4) is 0 Å². The van der Waals surface area contributed by atoms with Crippen LogP contribution in [0.25, 0.3) is 0 Å². The molecule has 0 saturated carbocycles. The molecule has 0 spiro atoms. The minimum Gasteiger partial charge on any atom is -0.370 e. The van der Waals surface area contributed by atoms with Crippen LogP contribution in [0.5, 0.6) is 0 Å². The summed E-state index contributed by atoms with van der Waals surface area (Å²) in [5, 5.41) is 2.59. The zero-order chi connectivity index (χ0) is 9.56. The number of nitrogens with one attached hydrogen (secondary N) is 1. The lowest BCUT2D eigenvalue weighted by Gasteiger charge is -2.02. The predicted molar refractivity (Wildman–Crippen MR) is 46.3 cm³/mol. The fraction of sp³-hybridized carbons (Fsp3) is 0.500. The van der Waals surface area contributed by atoms with Gasteiger partial charge in [-0.05, 0) is 13.3 Å². The Bertz CT molecular complexity index is 199. The second-order valence-electron chi connectivity index (χ2n) is 2.61. The SMILES string of the molecule is C=C(C)C(=O)NCCCC(N)=O. The zero-order valence-corrected chi connectivity index (χ0v) is 7.22. The van der Waals surface area contributed by atoms with Gasteiger partial charge in [0.05, 0.1) is 0 Å². The first-order valence-corrected chi connectivity index (χ1v) is 3.76. The molecule has 3 N–H and O–H groups in total. The number of carbonyl (C=O) groups is 2. The molecule has 0 heterocycles. The number of nitrogens with two attached hydrogens (primary N) is 1. The molecule has 0 aliphatic carbocycles. The molecule has 0 rings (SSSR count). The van der Waals surface area contributed by atoms with Gasteiger partial charge in [-0.3, -0.25) is 9.59 Å². The lowest BCUT2D eigenvalue weighted by atomic mass is 10.3. The van der Waals surface area contributed by atoms with Gasteiger partial charge in [0.2, 0.25) is 11.8 Å². The van der Waals surface area contributed by atoms with Crippen molar-refractivity contribution in [3.63, 3.8) is 0 Å². The second-order valence-corrected chi connectivity index (χ2v) is 2.61. The summed E-state index contributed by atoms with van der Waals surface area (Å²) in [6.45, 7) is 5.56. The summed E-state index contributed by atoms with van der Waals surface area (Å²) in [6, 6.07) is 0. The van der Waals surface area contributed by atoms with E-state index >= 15 is 0 Å². The highest BCUT2D eigenvalue weighted by Gasteiger charge is 2.00. The van der Waals surface area contributed by atoms with Gasteiger partial charge in [-0.15, -0.1) is 0 Å². The first kappa shape index (κ1) is 10.7. The maximum atomic E-state index is 10.9. The number of amides is 2. The molecule has 0 aliphatic heterocycles. The van der Waals surface area contributed by atoms with E-state index in [4.69, 9.17) is 5.73 Å². The van der Waals surface area contributed by atoms with Gasteiger partial charge in [-0.1, -0.05) is 6.58 Å². The van der Waals surface area contributed by atoms with Gasteiger partial charge < -0.3 is 11.1 Å². The van der Waals surface area contributed by atoms with Crippen molar-refractivity contribution in [2.45, 2.75) is 19.8 Å². The van der Waals surface area contributed by atoms with E-state index in [1.54, 1.807) is 6.92 Å². The van der Waals surface area contributed by atoms with Crippen LogP contribution in [0.2, 0.25) is 0 Å². The molecule has 0 radical (unpaired) electrons. The van der Waals surface area contributed by atoms with Crippen molar-refractivity contribution < 1.29 is 9.59 Å². The molecule has 0 aromatic heterocycles. The van der Waals surface area contributed by atoms with Crippen molar-refractivity contribution in [3.05, 3.63) is 12.2 Å². The minimum absolute atomic E-state index is 0.181. The molecule has 0 aliphatic rings. The van der Waals surface area contributed by atoms with Gasteiger partial charge in [0.1, 0.15) is 0 Å². The molecule has 0 bridgehead atoms. The maximum absolute atomic E-state index is 10.9. The Morgan fingerprint density at radius 3 is 2.50 bits per heavy atom. The summed E-state index contributed by atoms with van der Waals surface area (Å²) in [4.78, 5) is 21.1. The van der Waals surface area contributed by atoms with Crippen molar-refractivity contribution in [1.82, 2.24) is 5.32 Å². The Balaban J connectivity index is 3.38. The lowest BCUT2D eigenvalue weighted by Crippen LogP contribution is -2.25. The smallest absolute Gasteiger partial charge is 0.246 e. The van der Waals surface area contributed by atoms with E-state index in [0.29, 0.717) is 25.0 Å². The molecule has 0 saturated heterocycles. The molecule has 4 nitrogen and oxygen atoms in total. The van der Waals surface area contributed by atoms with E-state index in [9.17, 15) is 9.59 Å². The molecule has 0 fully saturated rings. The summed E-state index contributed by atoms with van der Waals surface area (Å²) in [6.07, 6.45) is 0.880. The maximum Gasteiger partial charge on any atom is 0.246 e. The first-order chi connectivity index (χ1) is 5.54. The van der Waals surface area contributed by atoms with Crippen molar-refractivity contribution >= 4 is 11.8 Å². The van der Waals surface area contributed by atoms with Crippen LogP contribution in [0, 0.1) is 0 Å². The topological polar surface area (TPSA) is 72.2 Å². The Labute approximate surface area is 71.8 Å². The first-order valence-electron chi connectivity index (χ1n) is 3.76. The Kier molecular flexibility index (Phi) is 4.76. The number of hydrogen-bond acceptors (Lipinski definition) is 2. The van der Waals surface area contributed by atoms with Crippen LogP contribution >= 0.6 is 0 Å². The normalized spacial score (nSPS) is 9.08. The average Bonchev–Trinajstić information content (AvgIpc) is 1.97. The fourth-order valence-electron chi connectivity index (χ4n) is 0.615. The predicted octanol–water partition coefficient (Wildman–Crippen LogP) is -0.0558. The molecule has 4 heteroatoms. The van der Waals surface area contributed by atoms with Crippen molar-refractivity contribution in [2.24, 2.45) is 5.73 Å². The van der Waals surface area contributed by atoms with Crippen LogP contribution < -0.4 is 11.1 Å². The number of rotatable bonds is 5. The fourth-order valence-corrected chi connectivity index (χ4v) is 0.615. The van der Waals surface area contributed by atoms with Crippen molar-refractivity contribution in [3.8, 4) is 0 Å². The van der Waals surface area contributed by atoms with Crippen LogP contribution in [0.4, 0.5) is 0 Å². The highest BCUT2D eigenvalue weighted by Crippen LogP contribution is 1.88. The lowest BCUT2D eigenvalue weighted by molar-refractivity contribution is -0.119. The van der Waals surface area contributed by atoms with E-state index in [-0.39, 0.29) is 11.8 Å². The zero-order valence-electron chi connectivity index (χ0n) is 7.22. The van der Waals surface area contributed by atoms with E-state index in [2.05, 4.69) is 11.9 Å². The number of hydrogen-bond donors (Lipinski definition) is 2. The van der Waals surface area contributed by atoms with Crippen LogP contribution in [-0.4, -0.2) is 18.4 Å².